The zero-order valence-electron chi connectivity index (χ0n) is 13.2. The highest BCUT2D eigenvalue weighted by molar-refractivity contribution is 8.00. The SMILES string of the molecule is CC(C)C(C)NC(=O)CSc1ncnc2sc3c(c12)CCC3. The number of thioether (sulfide) groups is 1. The molecule has 2 aromatic rings. The third kappa shape index (κ3) is 3.13. The maximum absolute atomic E-state index is 12.1. The Labute approximate surface area is 139 Å². The minimum Gasteiger partial charge on any atom is -0.353 e. The lowest BCUT2D eigenvalue weighted by molar-refractivity contribution is -0.119. The Morgan fingerprint density at radius 1 is 1.36 bits per heavy atom. The summed E-state index contributed by atoms with van der Waals surface area (Å²) in [5, 5.41) is 5.19. The van der Waals surface area contributed by atoms with E-state index in [1.807, 2.05) is 6.92 Å². The van der Waals surface area contributed by atoms with Crippen molar-refractivity contribution in [2.75, 3.05) is 5.75 Å². The second-order valence-corrected chi connectivity index (χ2v) is 8.15. The van der Waals surface area contributed by atoms with Crippen LogP contribution < -0.4 is 5.32 Å². The van der Waals surface area contributed by atoms with Gasteiger partial charge in [0, 0.05) is 16.3 Å². The lowest BCUT2D eigenvalue weighted by atomic mass is 10.1. The van der Waals surface area contributed by atoms with E-state index < -0.39 is 0 Å². The van der Waals surface area contributed by atoms with Crippen LogP contribution in [0.5, 0.6) is 0 Å². The summed E-state index contributed by atoms with van der Waals surface area (Å²) < 4.78 is 0. The smallest absolute Gasteiger partial charge is 0.230 e. The van der Waals surface area contributed by atoms with Crippen LogP contribution in [-0.4, -0.2) is 27.7 Å². The van der Waals surface area contributed by atoms with Crippen LogP contribution in [0.1, 0.15) is 37.6 Å². The van der Waals surface area contributed by atoms with E-state index in [0.717, 1.165) is 22.7 Å². The second-order valence-electron chi connectivity index (χ2n) is 6.11. The van der Waals surface area contributed by atoms with E-state index in [9.17, 15) is 4.79 Å². The van der Waals surface area contributed by atoms with Crippen LogP contribution in [0.3, 0.4) is 0 Å². The third-order valence-corrected chi connectivity index (χ3v) is 6.38. The number of hydrogen-bond acceptors (Lipinski definition) is 5. The van der Waals surface area contributed by atoms with Crippen molar-refractivity contribution in [3.8, 4) is 0 Å². The van der Waals surface area contributed by atoms with Crippen LogP contribution in [0.2, 0.25) is 0 Å². The van der Waals surface area contributed by atoms with Gasteiger partial charge >= 0.3 is 0 Å². The summed E-state index contributed by atoms with van der Waals surface area (Å²) in [5.41, 5.74) is 1.42. The first-order chi connectivity index (χ1) is 10.6. The van der Waals surface area contributed by atoms with Gasteiger partial charge in [0.1, 0.15) is 16.2 Å². The van der Waals surface area contributed by atoms with Gasteiger partial charge in [0.2, 0.25) is 5.91 Å². The number of carbonyl (C=O) groups is 1. The molecule has 118 valence electrons. The van der Waals surface area contributed by atoms with E-state index in [1.165, 1.54) is 34.0 Å². The van der Waals surface area contributed by atoms with Crippen molar-refractivity contribution in [3.63, 3.8) is 0 Å². The van der Waals surface area contributed by atoms with Gasteiger partial charge in [-0.25, -0.2) is 9.97 Å². The van der Waals surface area contributed by atoms with Crippen molar-refractivity contribution in [1.29, 1.82) is 0 Å². The summed E-state index contributed by atoms with van der Waals surface area (Å²) >= 11 is 3.31. The predicted octanol–water partition coefficient (Wildman–Crippen LogP) is 3.43. The molecule has 2 heterocycles. The minimum absolute atomic E-state index is 0.0739. The number of nitrogens with one attached hydrogen (secondary N) is 1. The van der Waals surface area contributed by atoms with Gasteiger partial charge in [0.05, 0.1) is 5.75 Å². The average molecular weight is 335 g/mol. The van der Waals surface area contributed by atoms with Gasteiger partial charge in [-0.05, 0) is 37.7 Å². The molecule has 0 saturated carbocycles. The lowest BCUT2D eigenvalue weighted by Crippen LogP contribution is -2.37. The van der Waals surface area contributed by atoms with Gasteiger partial charge in [0.25, 0.3) is 0 Å². The number of nitrogens with zero attached hydrogens (tertiary/aromatic N) is 2. The lowest BCUT2D eigenvalue weighted by Gasteiger charge is -2.17. The Morgan fingerprint density at radius 2 is 2.18 bits per heavy atom. The molecule has 22 heavy (non-hydrogen) atoms. The maximum atomic E-state index is 12.1. The molecule has 3 rings (SSSR count). The molecule has 0 aliphatic heterocycles. The number of aromatic nitrogens is 2. The standard InChI is InChI=1S/C16H21N3OS2/c1-9(2)10(3)19-13(20)7-21-15-14-11-5-4-6-12(11)22-16(14)18-8-17-15/h8-10H,4-7H2,1-3H3,(H,19,20). The summed E-state index contributed by atoms with van der Waals surface area (Å²) in [5.74, 6) is 0.929. The van der Waals surface area contributed by atoms with Crippen molar-refractivity contribution >= 4 is 39.2 Å². The summed E-state index contributed by atoms with van der Waals surface area (Å²) in [6, 6.07) is 0.198. The average Bonchev–Trinajstić information content (AvgIpc) is 3.05. The molecular formula is C16H21N3OS2. The molecule has 1 unspecified atom stereocenters. The van der Waals surface area contributed by atoms with Crippen molar-refractivity contribution in [3.05, 3.63) is 16.8 Å². The summed E-state index contributed by atoms with van der Waals surface area (Å²) in [6.07, 6.45) is 5.12. The van der Waals surface area contributed by atoms with Crippen LogP contribution in [0.4, 0.5) is 0 Å². The van der Waals surface area contributed by atoms with Gasteiger partial charge in [-0.3, -0.25) is 4.79 Å². The molecule has 0 saturated heterocycles. The van der Waals surface area contributed by atoms with Crippen molar-refractivity contribution < 1.29 is 4.79 Å². The van der Waals surface area contributed by atoms with Crippen molar-refractivity contribution in [2.45, 2.75) is 51.1 Å². The predicted molar refractivity (Wildman–Crippen MR) is 92.6 cm³/mol. The third-order valence-electron chi connectivity index (χ3n) is 4.20. The molecular weight excluding hydrogens is 314 g/mol. The quantitative estimate of drug-likeness (QED) is 0.672. The number of hydrogen-bond donors (Lipinski definition) is 1. The van der Waals surface area contributed by atoms with E-state index in [0.29, 0.717) is 11.7 Å². The second kappa shape index (κ2) is 6.54. The zero-order valence-corrected chi connectivity index (χ0v) is 14.8. The fourth-order valence-electron chi connectivity index (χ4n) is 2.61. The highest BCUT2D eigenvalue weighted by Gasteiger charge is 2.21. The number of thiophene rings is 1. The molecule has 4 nitrogen and oxygen atoms in total. The molecule has 0 aromatic carbocycles. The molecule has 6 heteroatoms. The monoisotopic (exact) mass is 335 g/mol. The molecule has 1 aliphatic rings. The fourth-order valence-corrected chi connectivity index (χ4v) is 4.74. The Bertz CT molecular complexity index is 696. The fraction of sp³-hybridized carbons (Fsp3) is 0.562. The molecule has 0 radical (unpaired) electrons. The Kier molecular flexibility index (Phi) is 4.68. The summed E-state index contributed by atoms with van der Waals surface area (Å²) in [4.78, 5) is 23.4. The first-order valence-electron chi connectivity index (χ1n) is 7.73. The van der Waals surface area contributed by atoms with Crippen LogP contribution >= 0.6 is 23.1 Å². The molecule has 1 atom stereocenters. The van der Waals surface area contributed by atoms with Crippen LogP contribution in [0, 0.1) is 5.92 Å². The number of carbonyl (C=O) groups excluding carboxylic acids is 1. The van der Waals surface area contributed by atoms with Crippen molar-refractivity contribution in [2.24, 2.45) is 5.92 Å². The maximum Gasteiger partial charge on any atom is 0.230 e. The summed E-state index contributed by atoms with van der Waals surface area (Å²) in [6.45, 7) is 6.27. The van der Waals surface area contributed by atoms with E-state index in [4.69, 9.17) is 0 Å². The van der Waals surface area contributed by atoms with E-state index in [1.54, 1.807) is 17.7 Å². The van der Waals surface area contributed by atoms with E-state index in [2.05, 4.69) is 29.1 Å². The van der Waals surface area contributed by atoms with E-state index in [-0.39, 0.29) is 11.9 Å². The molecule has 1 amide bonds. The van der Waals surface area contributed by atoms with Gasteiger partial charge in [-0.1, -0.05) is 25.6 Å². The minimum atomic E-state index is 0.0739. The Balaban J connectivity index is 1.73. The topological polar surface area (TPSA) is 54.9 Å². The van der Waals surface area contributed by atoms with Gasteiger partial charge < -0.3 is 5.32 Å². The number of rotatable bonds is 5. The molecule has 2 aromatic heterocycles. The Morgan fingerprint density at radius 3 is 2.95 bits per heavy atom. The molecule has 0 bridgehead atoms. The normalized spacial score (nSPS) is 15.3. The van der Waals surface area contributed by atoms with E-state index >= 15 is 0 Å². The van der Waals surface area contributed by atoms with Gasteiger partial charge in [-0.2, -0.15) is 0 Å². The van der Waals surface area contributed by atoms with Gasteiger partial charge in [-0.15, -0.1) is 11.3 Å². The molecule has 0 spiro atoms. The molecule has 1 aliphatic carbocycles. The number of amides is 1. The molecule has 0 fully saturated rings. The first-order valence-corrected chi connectivity index (χ1v) is 9.54. The highest BCUT2D eigenvalue weighted by atomic mass is 32.2. The van der Waals surface area contributed by atoms with Gasteiger partial charge in [0.15, 0.2) is 0 Å². The number of fused-ring (bicyclic) bond motifs is 3. The number of aryl methyl sites for hydroxylation is 2. The zero-order chi connectivity index (χ0) is 15.7. The van der Waals surface area contributed by atoms with Crippen LogP contribution in [-0.2, 0) is 17.6 Å². The van der Waals surface area contributed by atoms with Crippen molar-refractivity contribution in [1.82, 2.24) is 15.3 Å². The highest BCUT2D eigenvalue weighted by Crippen LogP contribution is 2.39. The Hall–Kier alpha value is -1.14. The molecule has 1 N–H and O–H groups in total. The van der Waals surface area contributed by atoms with Crippen LogP contribution in [0.15, 0.2) is 11.4 Å². The summed E-state index contributed by atoms with van der Waals surface area (Å²) in [7, 11) is 0. The van der Waals surface area contributed by atoms with Crippen LogP contribution in [0.25, 0.3) is 10.2 Å². The largest absolute Gasteiger partial charge is 0.353 e. The first kappa shape index (κ1) is 15.7.